The van der Waals surface area contributed by atoms with Crippen molar-refractivity contribution < 1.29 is 15.0 Å². The van der Waals surface area contributed by atoms with Crippen molar-refractivity contribution >= 4 is 17.7 Å². The normalized spacial score (nSPS) is 14.0. The Bertz CT molecular complexity index is 259. The van der Waals surface area contributed by atoms with Gasteiger partial charge in [0.05, 0.1) is 6.10 Å². The molecule has 0 heterocycles. The lowest BCUT2D eigenvalue weighted by Gasteiger charge is -2.16. The molecule has 2 N–H and O–H groups in total. The predicted molar refractivity (Wildman–Crippen MR) is 96.6 cm³/mol. The molecule has 0 aliphatic carbocycles. The first-order valence-corrected chi connectivity index (χ1v) is 10.3. The molecule has 0 aliphatic heterocycles. The monoisotopic (exact) mass is 332 g/mol. The van der Waals surface area contributed by atoms with Gasteiger partial charge in [-0.2, -0.15) is 11.8 Å². The standard InChI is InChI=1S/C18H36O3S/c1-3-4-7-11-16(19)12-10-14-17(22-2)13-8-5-6-9-15-18(20)21/h16-17,19H,3-15H2,1-2H3,(H,20,21)/t16-,17+/m1/s1. The molecule has 0 fully saturated rings. The molecule has 4 heteroatoms. The van der Waals surface area contributed by atoms with Crippen LogP contribution in [0.4, 0.5) is 0 Å². The molecule has 0 amide bonds. The number of hydrogen-bond acceptors (Lipinski definition) is 3. The average molecular weight is 333 g/mol. The van der Waals surface area contributed by atoms with Crippen molar-refractivity contribution in [3.63, 3.8) is 0 Å². The highest BCUT2D eigenvalue weighted by Gasteiger charge is 2.09. The van der Waals surface area contributed by atoms with Crippen LogP contribution >= 0.6 is 11.8 Å². The minimum absolute atomic E-state index is 0.106. The molecule has 0 radical (unpaired) electrons. The highest BCUT2D eigenvalue weighted by atomic mass is 32.2. The van der Waals surface area contributed by atoms with Gasteiger partial charge in [0.2, 0.25) is 0 Å². The van der Waals surface area contributed by atoms with Crippen LogP contribution in [0.3, 0.4) is 0 Å². The van der Waals surface area contributed by atoms with E-state index in [1.807, 2.05) is 11.8 Å². The van der Waals surface area contributed by atoms with E-state index in [1.165, 1.54) is 32.1 Å². The fraction of sp³-hybridized carbons (Fsp3) is 0.944. The van der Waals surface area contributed by atoms with E-state index in [0.717, 1.165) is 44.9 Å². The number of aliphatic hydroxyl groups is 1. The Kier molecular flexibility index (Phi) is 15.5. The van der Waals surface area contributed by atoms with Crippen LogP contribution in [0.25, 0.3) is 0 Å². The maximum atomic E-state index is 10.4. The topological polar surface area (TPSA) is 57.5 Å². The third-order valence-electron chi connectivity index (χ3n) is 4.20. The first kappa shape index (κ1) is 21.8. The van der Waals surface area contributed by atoms with E-state index in [1.54, 1.807) is 0 Å². The van der Waals surface area contributed by atoms with Gasteiger partial charge in [-0.25, -0.2) is 0 Å². The quantitative estimate of drug-likeness (QED) is 0.379. The summed E-state index contributed by atoms with van der Waals surface area (Å²) in [6, 6.07) is 0. The van der Waals surface area contributed by atoms with Gasteiger partial charge in [0.15, 0.2) is 0 Å². The van der Waals surface area contributed by atoms with Crippen LogP contribution in [-0.2, 0) is 4.79 Å². The molecule has 0 rings (SSSR count). The van der Waals surface area contributed by atoms with Gasteiger partial charge in [-0.3, -0.25) is 4.79 Å². The number of aliphatic hydroxyl groups excluding tert-OH is 1. The number of aliphatic carboxylic acids is 1. The molecule has 0 aromatic rings. The smallest absolute Gasteiger partial charge is 0.303 e. The van der Waals surface area contributed by atoms with Gasteiger partial charge < -0.3 is 10.2 Å². The van der Waals surface area contributed by atoms with Crippen LogP contribution in [0.2, 0.25) is 0 Å². The molecule has 2 atom stereocenters. The van der Waals surface area contributed by atoms with Gasteiger partial charge in [0, 0.05) is 11.7 Å². The Morgan fingerprint density at radius 1 is 0.909 bits per heavy atom. The second-order valence-electron chi connectivity index (χ2n) is 6.28. The average Bonchev–Trinajstić information content (AvgIpc) is 2.48. The summed E-state index contributed by atoms with van der Waals surface area (Å²) in [7, 11) is 0. The maximum Gasteiger partial charge on any atom is 0.303 e. The van der Waals surface area contributed by atoms with E-state index < -0.39 is 5.97 Å². The van der Waals surface area contributed by atoms with Crippen LogP contribution in [0.5, 0.6) is 0 Å². The summed E-state index contributed by atoms with van der Waals surface area (Å²) in [6.07, 6.45) is 15.6. The zero-order valence-electron chi connectivity index (χ0n) is 14.6. The lowest BCUT2D eigenvalue weighted by molar-refractivity contribution is -0.137. The fourth-order valence-corrected chi connectivity index (χ4v) is 3.54. The predicted octanol–water partition coefficient (Wildman–Crippen LogP) is 5.25. The Balaban J connectivity index is 3.51. The summed E-state index contributed by atoms with van der Waals surface area (Å²) in [5.74, 6) is -0.681. The zero-order chi connectivity index (χ0) is 16.6. The molecule has 0 saturated heterocycles. The van der Waals surface area contributed by atoms with Gasteiger partial charge >= 0.3 is 5.97 Å². The number of carboxylic acid groups (broad SMARTS) is 1. The highest BCUT2D eigenvalue weighted by molar-refractivity contribution is 7.99. The third kappa shape index (κ3) is 14.7. The molecular weight excluding hydrogens is 296 g/mol. The zero-order valence-corrected chi connectivity index (χ0v) is 15.4. The summed E-state index contributed by atoms with van der Waals surface area (Å²) in [5.41, 5.74) is 0. The molecule has 0 spiro atoms. The summed E-state index contributed by atoms with van der Waals surface area (Å²) in [4.78, 5) is 10.4. The number of thioether (sulfide) groups is 1. The molecule has 0 bridgehead atoms. The van der Waals surface area contributed by atoms with Crippen molar-refractivity contribution in [2.24, 2.45) is 0 Å². The Morgan fingerprint density at radius 2 is 1.50 bits per heavy atom. The molecule has 132 valence electrons. The van der Waals surface area contributed by atoms with Gasteiger partial charge in [-0.15, -0.1) is 0 Å². The summed E-state index contributed by atoms with van der Waals surface area (Å²) in [6.45, 7) is 2.19. The van der Waals surface area contributed by atoms with Gasteiger partial charge in [0.1, 0.15) is 0 Å². The summed E-state index contributed by atoms with van der Waals surface area (Å²) >= 11 is 1.94. The van der Waals surface area contributed by atoms with Crippen LogP contribution in [0.15, 0.2) is 0 Å². The molecule has 0 unspecified atom stereocenters. The summed E-state index contributed by atoms with van der Waals surface area (Å²) < 4.78 is 0. The van der Waals surface area contributed by atoms with E-state index in [2.05, 4.69) is 13.2 Å². The van der Waals surface area contributed by atoms with E-state index in [-0.39, 0.29) is 6.10 Å². The molecule has 0 aliphatic rings. The van der Waals surface area contributed by atoms with Crippen LogP contribution < -0.4 is 0 Å². The Hall–Kier alpha value is -0.220. The second kappa shape index (κ2) is 15.7. The highest BCUT2D eigenvalue weighted by Crippen LogP contribution is 2.22. The first-order chi connectivity index (χ1) is 10.6. The van der Waals surface area contributed by atoms with Crippen molar-refractivity contribution in [3.8, 4) is 0 Å². The van der Waals surface area contributed by atoms with Gasteiger partial charge in [-0.1, -0.05) is 45.4 Å². The van der Waals surface area contributed by atoms with E-state index in [4.69, 9.17) is 5.11 Å². The lowest BCUT2D eigenvalue weighted by atomic mass is 10.0. The first-order valence-electron chi connectivity index (χ1n) is 9.02. The maximum absolute atomic E-state index is 10.4. The third-order valence-corrected chi connectivity index (χ3v) is 5.34. The number of unbranched alkanes of at least 4 members (excludes halogenated alkanes) is 5. The molecule has 0 aromatic carbocycles. The number of rotatable bonds is 16. The van der Waals surface area contributed by atoms with Gasteiger partial charge in [0.25, 0.3) is 0 Å². The van der Waals surface area contributed by atoms with E-state index in [9.17, 15) is 9.90 Å². The van der Waals surface area contributed by atoms with Crippen molar-refractivity contribution in [2.45, 2.75) is 102 Å². The van der Waals surface area contributed by atoms with Crippen molar-refractivity contribution in [3.05, 3.63) is 0 Å². The number of carboxylic acids is 1. The minimum atomic E-state index is -0.681. The molecule has 3 nitrogen and oxygen atoms in total. The van der Waals surface area contributed by atoms with Gasteiger partial charge in [-0.05, 0) is 44.8 Å². The van der Waals surface area contributed by atoms with Crippen molar-refractivity contribution in [1.82, 2.24) is 0 Å². The summed E-state index contributed by atoms with van der Waals surface area (Å²) in [5, 5.41) is 19.2. The molecule has 22 heavy (non-hydrogen) atoms. The van der Waals surface area contributed by atoms with E-state index in [0.29, 0.717) is 11.7 Å². The van der Waals surface area contributed by atoms with E-state index >= 15 is 0 Å². The Morgan fingerprint density at radius 3 is 2.14 bits per heavy atom. The lowest BCUT2D eigenvalue weighted by Crippen LogP contribution is -2.09. The van der Waals surface area contributed by atoms with Crippen LogP contribution in [-0.4, -0.2) is 33.8 Å². The largest absolute Gasteiger partial charge is 0.481 e. The fourth-order valence-electron chi connectivity index (χ4n) is 2.74. The number of hydrogen-bond donors (Lipinski definition) is 2. The molecule has 0 saturated carbocycles. The number of carbonyl (C=O) groups is 1. The van der Waals surface area contributed by atoms with Crippen molar-refractivity contribution in [1.29, 1.82) is 0 Å². The van der Waals surface area contributed by atoms with Crippen LogP contribution in [0, 0.1) is 0 Å². The second-order valence-corrected chi connectivity index (χ2v) is 7.42. The molecule has 0 aromatic heterocycles. The SMILES string of the molecule is CCCCC[C@@H](O)CCC[C@H](CCCCCCC(=O)O)SC. The molecular formula is C18H36O3S. The Labute approximate surface area is 141 Å². The van der Waals surface area contributed by atoms with Crippen LogP contribution in [0.1, 0.15) is 90.4 Å². The van der Waals surface area contributed by atoms with Crippen molar-refractivity contribution in [2.75, 3.05) is 6.26 Å². The minimum Gasteiger partial charge on any atom is -0.481 e.